The lowest BCUT2D eigenvalue weighted by Crippen LogP contribution is -2.38. The van der Waals surface area contributed by atoms with E-state index in [9.17, 15) is 9.59 Å². The Morgan fingerprint density at radius 2 is 1.69 bits per heavy atom. The molecule has 0 bridgehead atoms. The molecule has 1 fully saturated rings. The summed E-state index contributed by atoms with van der Waals surface area (Å²) >= 11 is 0. The quantitative estimate of drug-likeness (QED) is 0.890. The van der Waals surface area contributed by atoms with Gasteiger partial charge in [-0.05, 0) is 24.1 Å². The molecule has 2 aromatic rings. The molecule has 2 heterocycles. The Kier molecular flexibility index (Phi) is 5.94. The summed E-state index contributed by atoms with van der Waals surface area (Å²) < 4.78 is 5.33. The number of aromatic nitrogens is 1. The second kappa shape index (κ2) is 8.56. The van der Waals surface area contributed by atoms with Crippen molar-refractivity contribution in [2.45, 2.75) is 19.3 Å². The number of para-hydroxylation sites is 1. The van der Waals surface area contributed by atoms with Crippen LogP contribution in [0.3, 0.4) is 0 Å². The van der Waals surface area contributed by atoms with Gasteiger partial charge in [0.05, 0.1) is 20.0 Å². The van der Waals surface area contributed by atoms with Crippen LogP contribution >= 0.6 is 0 Å². The van der Waals surface area contributed by atoms with Crippen molar-refractivity contribution in [1.82, 2.24) is 14.8 Å². The van der Waals surface area contributed by atoms with E-state index in [1.807, 2.05) is 52.5 Å². The van der Waals surface area contributed by atoms with Crippen LogP contribution in [0.4, 0.5) is 0 Å². The first-order valence-electron chi connectivity index (χ1n) is 8.96. The van der Waals surface area contributed by atoms with Gasteiger partial charge in [-0.3, -0.25) is 9.59 Å². The highest BCUT2D eigenvalue weighted by molar-refractivity contribution is 5.80. The van der Waals surface area contributed by atoms with E-state index in [0.717, 1.165) is 23.3 Å². The van der Waals surface area contributed by atoms with Gasteiger partial charge >= 0.3 is 0 Å². The predicted octanol–water partition coefficient (Wildman–Crippen LogP) is 1.87. The normalized spacial score (nSPS) is 14.8. The van der Waals surface area contributed by atoms with E-state index in [1.165, 1.54) is 0 Å². The Labute approximate surface area is 153 Å². The van der Waals surface area contributed by atoms with Crippen molar-refractivity contribution in [2.75, 3.05) is 33.3 Å². The number of benzene rings is 1. The molecule has 6 heteroatoms. The van der Waals surface area contributed by atoms with Crippen molar-refractivity contribution in [3.05, 3.63) is 53.9 Å². The number of methoxy groups -OCH3 is 1. The summed E-state index contributed by atoms with van der Waals surface area (Å²) in [7, 11) is 1.61. The summed E-state index contributed by atoms with van der Waals surface area (Å²) in [6, 6.07) is 9.51. The van der Waals surface area contributed by atoms with E-state index in [-0.39, 0.29) is 11.8 Å². The summed E-state index contributed by atoms with van der Waals surface area (Å²) in [5.41, 5.74) is 1.88. The molecule has 0 spiro atoms. The van der Waals surface area contributed by atoms with Crippen LogP contribution in [0.2, 0.25) is 0 Å². The third-order valence-electron chi connectivity index (χ3n) is 4.75. The Morgan fingerprint density at radius 1 is 1.00 bits per heavy atom. The zero-order chi connectivity index (χ0) is 18.4. The first kappa shape index (κ1) is 18.0. The van der Waals surface area contributed by atoms with Crippen LogP contribution in [0.1, 0.15) is 17.5 Å². The van der Waals surface area contributed by atoms with E-state index in [0.29, 0.717) is 39.0 Å². The Balaban J connectivity index is 1.56. The smallest absolute Gasteiger partial charge is 0.227 e. The van der Waals surface area contributed by atoms with E-state index >= 15 is 0 Å². The molecule has 26 heavy (non-hydrogen) atoms. The van der Waals surface area contributed by atoms with Gasteiger partial charge in [0.25, 0.3) is 0 Å². The molecule has 0 saturated carbocycles. The van der Waals surface area contributed by atoms with Crippen LogP contribution in [-0.2, 0) is 22.4 Å². The Hall–Kier alpha value is -2.76. The fraction of sp³-hybridized carbons (Fsp3) is 0.400. The molecule has 1 aromatic carbocycles. The molecule has 1 aliphatic heterocycles. The largest absolute Gasteiger partial charge is 0.496 e. The topological polar surface area (TPSA) is 65.6 Å². The number of nitrogens with zero attached hydrogens (tertiary/aromatic N) is 2. The highest BCUT2D eigenvalue weighted by atomic mass is 16.5. The molecule has 1 aromatic heterocycles. The molecule has 1 N–H and O–H groups in total. The average molecular weight is 355 g/mol. The molecule has 0 unspecified atom stereocenters. The molecule has 1 aliphatic rings. The predicted molar refractivity (Wildman–Crippen MR) is 99.0 cm³/mol. The Morgan fingerprint density at radius 3 is 2.35 bits per heavy atom. The minimum atomic E-state index is 0.0782. The van der Waals surface area contributed by atoms with Gasteiger partial charge in [0, 0.05) is 44.1 Å². The molecule has 0 atom stereocenters. The lowest BCUT2D eigenvalue weighted by molar-refractivity contribution is -0.132. The number of carbonyl (C=O) groups excluding carboxylic acids is 2. The van der Waals surface area contributed by atoms with Crippen LogP contribution < -0.4 is 4.74 Å². The molecule has 138 valence electrons. The minimum Gasteiger partial charge on any atom is -0.496 e. The molecule has 6 nitrogen and oxygen atoms in total. The van der Waals surface area contributed by atoms with Crippen LogP contribution in [0.5, 0.6) is 5.75 Å². The fourth-order valence-corrected chi connectivity index (χ4v) is 3.29. The van der Waals surface area contributed by atoms with Crippen LogP contribution in [0.15, 0.2) is 42.7 Å². The van der Waals surface area contributed by atoms with Gasteiger partial charge in [-0.1, -0.05) is 18.2 Å². The summed E-state index contributed by atoms with van der Waals surface area (Å²) in [4.78, 5) is 31.8. The number of hydrogen-bond acceptors (Lipinski definition) is 3. The van der Waals surface area contributed by atoms with Crippen LogP contribution in [-0.4, -0.2) is 59.9 Å². The Bertz CT molecular complexity index is 743. The van der Waals surface area contributed by atoms with Crippen molar-refractivity contribution in [3.8, 4) is 5.75 Å². The third kappa shape index (κ3) is 4.45. The minimum absolute atomic E-state index is 0.0782. The highest BCUT2D eigenvalue weighted by Crippen LogP contribution is 2.19. The van der Waals surface area contributed by atoms with Crippen molar-refractivity contribution in [2.24, 2.45) is 0 Å². The lowest BCUT2D eigenvalue weighted by Gasteiger charge is -2.22. The monoisotopic (exact) mass is 355 g/mol. The zero-order valence-electron chi connectivity index (χ0n) is 15.1. The van der Waals surface area contributed by atoms with E-state index in [4.69, 9.17) is 4.74 Å². The number of rotatable bonds is 5. The van der Waals surface area contributed by atoms with Gasteiger partial charge in [0.2, 0.25) is 11.8 Å². The summed E-state index contributed by atoms with van der Waals surface area (Å²) in [6.07, 6.45) is 5.19. The third-order valence-corrected chi connectivity index (χ3v) is 4.75. The second-order valence-electron chi connectivity index (χ2n) is 6.50. The molecule has 0 aliphatic carbocycles. The van der Waals surface area contributed by atoms with E-state index < -0.39 is 0 Å². The number of nitrogens with one attached hydrogen (secondary N) is 1. The maximum atomic E-state index is 12.7. The van der Waals surface area contributed by atoms with Gasteiger partial charge in [-0.2, -0.15) is 0 Å². The number of hydrogen-bond donors (Lipinski definition) is 1. The van der Waals surface area contributed by atoms with Gasteiger partial charge in [0.15, 0.2) is 0 Å². The summed E-state index contributed by atoms with van der Waals surface area (Å²) in [5, 5.41) is 0. The maximum absolute atomic E-state index is 12.7. The van der Waals surface area contributed by atoms with Gasteiger partial charge < -0.3 is 19.5 Å². The fourth-order valence-electron chi connectivity index (χ4n) is 3.29. The number of aromatic amines is 1. The lowest BCUT2D eigenvalue weighted by atomic mass is 10.1. The van der Waals surface area contributed by atoms with Gasteiger partial charge in [0.1, 0.15) is 5.75 Å². The second-order valence-corrected chi connectivity index (χ2v) is 6.50. The van der Waals surface area contributed by atoms with Crippen molar-refractivity contribution in [3.63, 3.8) is 0 Å². The van der Waals surface area contributed by atoms with E-state index in [1.54, 1.807) is 7.11 Å². The molecule has 2 amide bonds. The average Bonchev–Trinajstić information content (AvgIpc) is 3.03. The van der Waals surface area contributed by atoms with Crippen LogP contribution in [0, 0.1) is 0 Å². The summed E-state index contributed by atoms with van der Waals surface area (Å²) in [5.74, 6) is 0.928. The maximum Gasteiger partial charge on any atom is 0.227 e. The number of H-pyrrole nitrogens is 1. The first-order chi connectivity index (χ1) is 12.7. The first-order valence-corrected chi connectivity index (χ1v) is 8.96. The van der Waals surface area contributed by atoms with Gasteiger partial charge in [-0.15, -0.1) is 0 Å². The molecule has 0 radical (unpaired) electrons. The number of ether oxygens (including phenoxy) is 1. The van der Waals surface area contributed by atoms with Crippen LogP contribution in [0.25, 0.3) is 0 Å². The molecule has 3 rings (SSSR count). The number of carbonyl (C=O) groups is 2. The van der Waals surface area contributed by atoms with Crippen molar-refractivity contribution in [1.29, 1.82) is 0 Å². The van der Waals surface area contributed by atoms with E-state index in [2.05, 4.69) is 4.98 Å². The molecular formula is C20H25N3O3. The van der Waals surface area contributed by atoms with Crippen molar-refractivity contribution < 1.29 is 14.3 Å². The molecular weight excluding hydrogens is 330 g/mol. The van der Waals surface area contributed by atoms with Crippen molar-refractivity contribution >= 4 is 11.8 Å². The molecule has 1 saturated heterocycles. The van der Waals surface area contributed by atoms with Gasteiger partial charge in [-0.25, -0.2) is 0 Å². The summed E-state index contributed by atoms with van der Waals surface area (Å²) in [6.45, 7) is 2.54. The SMILES string of the molecule is COc1ccccc1CC(=O)N1CCCN(C(=O)Cc2cc[nH]c2)CC1. The standard InChI is InChI=1S/C20H25N3O3/c1-26-18-6-3-2-5-17(18)14-20(25)23-10-4-9-22(11-12-23)19(24)13-16-7-8-21-15-16/h2-3,5-8,15,21H,4,9-14H2,1H3. The number of amides is 2. The zero-order valence-corrected chi connectivity index (χ0v) is 15.1. The highest BCUT2D eigenvalue weighted by Gasteiger charge is 2.22.